The summed E-state index contributed by atoms with van der Waals surface area (Å²) in [5.74, 6) is 0.595. The highest BCUT2D eigenvalue weighted by Gasteiger charge is 2.02. The van der Waals surface area contributed by atoms with Gasteiger partial charge in [0.05, 0.1) is 13.2 Å². The minimum atomic E-state index is -0.00156. The number of Topliss-reactive ketones (excluding diaryl/α,β-unsaturated/α-hetero) is 2. The molecular weight excluding hydrogens is 334 g/mol. The number of carbonyl (C=O) groups excluding carboxylic acids is 3. The predicted molar refractivity (Wildman–Crippen MR) is 102 cm³/mol. The van der Waals surface area contributed by atoms with Gasteiger partial charge in [-0.3, -0.25) is 14.4 Å². The molecule has 0 atom stereocenters. The fraction of sp³-hybridized carbons (Fsp3) is 0.850. The quantitative estimate of drug-likeness (QED) is 0.353. The van der Waals surface area contributed by atoms with E-state index in [1.54, 1.807) is 0 Å². The first kappa shape index (κ1) is 24.7. The maximum atomic E-state index is 11.7. The van der Waals surface area contributed by atoms with Crippen LogP contribution in [0.3, 0.4) is 0 Å². The zero-order valence-electron chi connectivity index (χ0n) is 16.6. The summed E-state index contributed by atoms with van der Waals surface area (Å²) in [5, 5.41) is 2.75. The minimum Gasteiger partial charge on any atom is -0.379 e. The highest BCUT2D eigenvalue weighted by Crippen LogP contribution is 2.05. The first-order valence-electron chi connectivity index (χ1n) is 9.99. The molecule has 0 aromatic heterocycles. The number of amides is 1. The average Bonchev–Trinajstić information content (AvgIpc) is 2.61. The minimum absolute atomic E-state index is 0.00156. The Morgan fingerprint density at radius 1 is 0.692 bits per heavy atom. The molecule has 0 aromatic carbocycles. The lowest BCUT2D eigenvalue weighted by Crippen LogP contribution is -2.20. The highest BCUT2D eigenvalue weighted by molar-refractivity contribution is 5.78. The Labute approximate surface area is 158 Å². The van der Waals surface area contributed by atoms with Crippen molar-refractivity contribution in [1.29, 1.82) is 0 Å². The molecule has 152 valence electrons. The number of rotatable bonds is 19. The standard InChI is InChI=1S/C20H37NO5/c1-3-19(23)12-9-15-26-17-16-25-14-8-6-11-20(24)10-5-4-7-13-21-18(2)22/h3-17H2,1-2H3,(H,21,22). The van der Waals surface area contributed by atoms with Crippen molar-refractivity contribution >= 4 is 17.5 Å². The van der Waals surface area contributed by atoms with E-state index in [-0.39, 0.29) is 11.7 Å². The van der Waals surface area contributed by atoms with Crippen molar-refractivity contribution < 1.29 is 23.9 Å². The van der Waals surface area contributed by atoms with E-state index in [0.717, 1.165) is 38.5 Å². The van der Waals surface area contributed by atoms with Crippen molar-refractivity contribution in [3.63, 3.8) is 0 Å². The lowest BCUT2D eigenvalue weighted by Gasteiger charge is -2.06. The summed E-state index contributed by atoms with van der Waals surface area (Å²) >= 11 is 0. The lowest BCUT2D eigenvalue weighted by atomic mass is 10.1. The van der Waals surface area contributed by atoms with Crippen LogP contribution >= 0.6 is 0 Å². The molecule has 0 fully saturated rings. The number of nitrogens with one attached hydrogen (secondary N) is 1. The Balaban J connectivity index is 3.21. The van der Waals surface area contributed by atoms with Crippen molar-refractivity contribution in [2.45, 2.75) is 78.1 Å². The van der Waals surface area contributed by atoms with Gasteiger partial charge in [-0.15, -0.1) is 0 Å². The van der Waals surface area contributed by atoms with Crippen molar-refractivity contribution in [3.8, 4) is 0 Å². The highest BCUT2D eigenvalue weighted by atomic mass is 16.5. The Bertz CT molecular complexity index is 384. The summed E-state index contributed by atoms with van der Waals surface area (Å²) in [4.78, 5) is 33.5. The van der Waals surface area contributed by atoms with Crippen LogP contribution < -0.4 is 5.32 Å². The van der Waals surface area contributed by atoms with Gasteiger partial charge in [-0.1, -0.05) is 13.3 Å². The Morgan fingerprint density at radius 2 is 1.27 bits per heavy atom. The first-order valence-corrected chi connectivity index (χ1v) is 9.99. The second kappa shape index (κ2) is 18.5. The van der Waals surface area contributed by atoms with E-state index in [1.165, 1.54) is 6.92 Å². The molecule has 1 N–H and O–H groups in total. The molecule has 0 saturated heterocycles. The van der Waals surface area contributed by atoms with Crippen molar-refractivity contribution in [2.24, 2.45) is 0 Å². The summed E-state index contributed by atoms with van der Waals surface area (Å²) in [6, 6.07) is 0. The second-order valence-corrected chi connectivity index (χ2v) is 6.51. The molecule has 0 aliphatic carbocycles. The number of ether oxygens (including phenoxy) is 2. The molecule has 0 unspecified atom stereocenters. The summed E-state index contributed by atoms with van der Waals surface area (Å²) < 4.78 is 10.9. The van der Waals surface area contributed by atoms with Gasteiger partial charge in [0, 0.05) is 52.4 Å². The molecule has 0 bridgehead atoms. The lowest BCUT2D eigenvalue weighted by molar-refractivity contribution is -0.120. The van der Waals surface area contributed by atoms with Crippen molar-refractivity contribution in [2.75, 3.05) is 33.0 Å². The van der Waals surface area contributed by atoms with E-state index in [1.807, 2.05) is 6.92 Å². The molecule has 0 aliphatic rings. The summed E-state index contributed by atoms with van der Waals surface area (Å²) in [6.07, 6.45) is 7.79. The van der Waals surface area contributed by atoms with Gasteiger partial charge in [-0.05, 0) is 32.1 Å². The molecule has 0 aliphatic heterocycles. The van der Waals surface area contributed by atoms with Gasteiger partial charge >= 0.3 is 0 Å². The average molecular weight is 372 g/mol. The van der Waals surface area contributed by atoms with Crippen LogP contribution in [0.2, 0.25) is 0 Å². The normalized spacial score (nSPS) is 10.7. The largest absolute Gasteiger partial charge is 0.379 e. The molecule has 1 amide bonds. The number of hydrogen-bond acceptors (Lipinski definition) is 5. The van der Waals surface area contributed by atoms with Crippen LogP contribution in [-0.4, -0.2) is 50.4 Å². The van der Waals surface area contributed by atoms with Crippen molar-refractivity contribution in [1.82, 2.24) is 5.32 Å². The molecule has 0 aromatic rings. The first-order chi connectivity index (χ1) is 12.6. The van der Waals surface area contributed by atoms with Gasteiger partial charge in [-0.25, -0.2) is 0 Å². The van der Waals surface area contributed by atoms with Crippen LogP contribution in [0.5, 0.6) is 0 Å². The second-order valence-electron chi connectivity index (χ2n) is 6.51. The molecule has 6 heteroatoms. The zero-order chi connectivity index (χ0) is 19.5. The molecule has 26 heavy (non-hydrogen) atoms. The van der Waals surface area contributed by atoms with Crippen LogP contribution in [0.4, 0.5) is 0 Å². The molecule has 0 spiro atoms. The van der Waals surface area contributed by atoms with Gasteiger partial charge in [-0.2, -0.15) is 0 Å². The van der Waals surface area contributed by atoms with E-state index < -0.39 is 0 Å². The molecule has 0 radical (unpaired) electrons. The topological polar surface area (TPSA) is 81.7 Å². The van der Waals surface area contributed by atoms with Crippen LogP contribution in [0.15, 0.2) is 0 Å². The molecule has 6 nitrogen and oxygen atoms in total. The maximum absolute atomic E-state index is 11.7. The number of unbranched alkanes of at least 4 members (excludes halogenated alkanes) is 3. The summed E-state index contributed by atoms with van der Waals surface area (Å²) in [6.45, 7) is 6.46. The van der Waals surface area contributed by atoms with Gasteiger partial charge in [0.15, 0.2) is 0 Å². The van der Waals surface area contributed by atoms with E-state index in [0.29, 0.717) is 64.4 Å². The number of hydrogen-bond donors (Lipinski definition) is 1. The van der Waals surface area contributed by atoms with Gasteiger partial charge in [0.2, 0.25) is 5.91 Å². The Kier molecular flexibility index (Phi) is 17.6. The van der Waals surface area contributed by atoms with Crippen LogP contribution in [0, 0.1) is 0 Å². The van der Waals surface area contributed by atoms with E-state index in [9.17, 15) is 14.4 Å². The third kappa shape index (κ3) is 19.1. The van der Waals surface area contributed by atoms with Crippen LogP contribution in [-0.2, 0) is 23.9 Å². The number of carbonyl (C=O) groups is 3. The molecule has 0 heterocycles. The third-order valence-corrected chi connectivity index (χ3v) is 4.01. The van der Waals surface area contributed by atoms with Crippen molar-refractivity contribution in [3.05, 3.63) is 0 Å². The third-order valence-electron chi connectivity index (χ3n) is 4.01. The zero-order valence-corrected chi connectivity index (χ0v) is 16.6. The molecule has 0 saturated carbocycles. The van der Waals surface area contributed by atoms with Gasteiger partial charge in [0.1, 0.15) is 11.6 Å². The fourth-order valence-electron chi connectivity index (χ4n) is 2.41. The Hall–Kier alpha value is -1.27. The fourth-order valence-corrected chi connectivity index (χ4v) is 2.41. The smallest absolute Gasteiger partial charge is 0.216 e. The SMILES string of the molecule is CCC(=O)CCCOCCOCCCCC(=O)CCCCCNC(C)=O. The molecule has 0 rings (SSSR count). The van der Waals surface area contributed by atoms with Crippen LogP contribution in [0.25, 0.3) is 0 Å². The van der Waals surface area contributed by atoms with Crippen LogP contribution in [0.1, 0.15) is 78.1 Å². The summed E-state index contributed by atoms with van der Waals surface area (Å²) in [5.41, 5.74) is 0. The van der Waals surface area contributed by atoms with Gasteiger partial charge in [0.25, 0.3) is 0 Å². The maximum Gasteiger partial charge on any atom is 0.216 e. The van der Waals surface area contributed by atoms with E-state index in [4.69, 9.17) is 9.47 Å². The monoisotopic (exact) mass is 371 g/mol. The van der Waals surface area contributed by atoms with E-state index >= 15 is 0 Å². The van der Waals surface area contributed by atoms with E-state index in [2.05, 4.69) is 5.32 Å². The Morgan fingerprint density at radius 3 is 1.88 bits per heavy atom. The molecular formula is C20H37NO5. The van der Waals surface area contributed by atoms with Gasteiger partial charge < -0.3 is 14.8 Å². The summed E-state index contributed by atoms with van der Waals surface area (Å²) in [7, 11) is 0. The predicted octanol–water partition coefficient (Wildman–Crippen LogP) is 3.21. The number of ketones is 2.